The predicted octanol–water partition coefficient (Wildman–Crippen LogP) is 0.547. The Morgan fingerprint density at radius 1 is 1.19 bits per heavy atom. The molecule has 0 heterocycles. The molecule has 1 aromatic carbocycles. The fraction of sp³-hybridized carbons (Fsp3) is 0.462. The minimum absolute atomic E-state index is 0.00170. The van der Waals surface area contributed by atoms with Crippen molar-refractivity contribution in [1.29, 1.82) is 0 Å². The molecule has 0 atom stereocenters. The number of sulfonamides is 1. The molecule has 0 bridgehead atoms. The molecule has 0 saturated heterocycles. The Morgan fingerprint density at radius 3 is 2.57 bits per heavy atom. The minimum Gasteiger partial charge on any atom is -0.490 e. The largest absolute Gasteiger partial charge is 0.490 e. The number of esters is 1. The molecule has 0 aliphatic rings. The standard InChI is InChI=1S/C13H19NO6S/c1-2-19-13(15)11-5-3-4-6-12(11)20-8-7-18-9-10-21(14,16)17/h3-6H,2,7-10H2,1H3,(H2,14,16,17). The number of ether oxygens (including phenoxy) is 3. The van der Waals surface area contributed by atoms with Crippen molar-refractivity contribution in [3.63, 3.8) is 0 Å². The van der Waals surface area contributed by atoms with E-state index >= 15 is 0 Å². The summed E-state index contributed by atoms with van der Waals surface area (Å²) in [7, 11) is -3.51. The average Bonchev–Trinajstić information content (AvgIpc) is 2.42. The third kappa shape index (κ3) is 7.07. The molecule has 1 aromatic rings. The molecular formula is C13H19NO6S. The molecule has 0 aliphatic heterocycles. The van der Waals surface area contributed by atoms with Gasteiger partial charge in [-0.1, -0.05) is 12.1 Å². The van der Waals surface area contributed by atoms with E-state index in [1.165, 1.54) is 0 Å². The molecule has 1 rings (SSSR count). The highest BCUT2D eigenvalue weighted by molar-refractivity contribution is 7.89. The Bertz CT molecular complexity index is 558. The summed E-state index contributed by atoms with van der Waals surface area (Å²) in [4.78, 5) is 11.7. The summed E-state index contributed by atoms with van der Waals surface area (Å²) in [5.41, 5.74) is 0.337. The lowest BCUT2D eigenvalue weighted by Gasteiger charge is -2.10. The van der Waals surface area contributed by atoms with Crippen molar-refractivity contribution in [3.05, 3.63) is 29.8 Å². The van der Waals surface area contributed by atoms with Gasteiger partial charge in [-0.25, -0.2) is 18.4 Å². The molecule has 0 aromatic heterocycles. The maximum atomic E-state index is 11.7. The molecular weight excluding hydrogens is 298 g/mol. The molecule has 2 N–H and O–H groups in total. The van der Waals surface area contributed by atoms with Gasteiger partial charge in [-0.3, -0.25) is 0 Å². The van der Waals surface area contributed by atoms with Gasteiger partial charge < -0.3 is 14.2 Å². The van der Waals surface area contributed by atoms with Crippen molar-refractivity contribution in [3.8, 4) is 5.75 Å². The molecule has 0 spiro atoms. The van der Waals surface area contributed by atoms with E-state index in [2.05, 4.69) is 0 Å². The van der Waals surface area contributed by atoms with Crippen LogP contribution >= 0.6 is 0 Å². The fourth-order valence-corrected chi connectivity index (χ4v) is 1.81. The van der Waals surface area contributed by atoms with Gasteiger partial charge in [0.2, 0.25) is 10.0 Å². The second kappa shape index (κ2) is 8.60. The van der Waals surface area contributed by atoms with Crippen molar-refractivity contribution < 1.29 is 27.4 Å². The van der Waals surface area contributed by atoms with Crippen LogP contribution in [0, 0.1) is 0 Å². The molecule has 7 nitrogen and oxygen atoms in total. The first-order chi connectivity index (χ1) is 9.94. The van der Waals surface area contributed by atoms with Crippen molar-refractivity contribution in [2.75, 3.05) is 32.2 Å². The first kappa shape index (κ1) is 17.4. The van der Waals surface area contributed by atoms with Crippen LogP contribution in [-0.2, 0) is 19.5 Å². The van der Waals surface area contributed by atoms with Gasteiger partial charge in [-0.15, -0.1) is 0 Å². The highest BCUT2D eigenvalue weighted by Crippen LogP contribution is 2.18. The van der Waals surface area contributed by atoms with Gasteiger partial charge in [0.15, 0.2) is 0 Å². The van der Waals surface area contributed by atoms with Crippen LogP contribution in [0.3, 0.4) is 0 Å². The summed E-state index contributed by atoms with van der Waals surface area (Å²) in [5.74, 6) is -0.305. The predicted molar refractivity (Wildman–Crippen MR) is 76.7 cm³/mol. The topological polar surface area (TPSA) is 105 Å². The molecule has 0 radical (unpaired) electrons. The van der Waals surface area contributed by atoms with Crippen LogP contribution in [0.2, 0.25) is 0 Å². The van der Waals surface area contributed by atoms with E-state index in [1.807, 2.05) is 0 Å². The van der Waals surface area contributed by atoms with Gasteiger partial charge >= 0.3 is 5.97 Å². The maximum Gasteiger partial charge on any atom is 0.341 e. The molecule has 0 fully saturated rings. The molecule has 0 unspecified atom stereocenters. The smallest absolute Gasteiger partial charge is 0.341 e. The summed E-state index contributed by atoms with van der Waals surface area (Å²) in [6.45, 7) is 2.37. The number of hydrogen-bond acceptors (Lipinski definition) is 6. The Hall–Kier alpha value is -1.64. The van der Waals surface area contributed by atoms with Crippen LogP contribution in [-0.4, -0.2) is 46.6 Å². The van der Waals surface area contributed by atoms with Crippen molar-refractivity contribution in [1.82, 2.24) is 0 Å². The number of hydrogen-bond donors (Lipinski definition) is 1. The van der Waals surface area contributed by atoms with E-state index in [4.69, 9.17) is 19.3 Å². The van der Waals surface area contributed by atoms with Gasteiger partial charge in [-0.05, 0) is 19.1 Å². The van der Waals surface area contributed by atoms with Crippen LogP contribution < -0.4 is 9.88 Å². The number of primary sulfonamides is 1. The minimum atomic E-state index is -3.51. The monoisotopic (exact) mass is 317 g/mol. The number of rotatable bonds is 9. The maximum absolute atomic E-state index is 11.7. The normalized spacial score (nSPS) is 11.1. The molecule has 8 heteroatoms. The summed E-state index contributed by atoms with van der Waals surface area (Å²) >= 11 is 0. The van der Waals surface area contributed by atoms with E-state index < -0.39 is 16.0 Å². The second-order valence-electron chi connectivity index (χ2n) is 4.04. The summed E-state index contributed by atoms with van der Waals surface area (Å²) in [5, 5.41) is 4.83. The van der Waals surface area contributed by atoms with Gasteiger partial charge in [0.1, 0.15) is 17.9 Å². The van der Waals surface area contributed by atoms with Crippen LogP contribution in [0.1, 0.15) is 17.3 Å². The van der Waals surface area contributed by atoms with E-state index in [1.54, 1.807) is 31.2 Å². The molecule has 118 valence electrons. The molecule has 0 amide bonds. The van der Waals surface area contributed by atoms with Crippen LogP contribution in [0.5, 0.6) is 5.75 Å². The van der Waals surface area contributed by atoms with Crippen LogP contribution in [0.25, 0.3) is 0 Å². The van der Waals surface area contributed by atoms with Crippen LogP contribution in [0.15, 0.2) is 24.3 Å². The number of carbonyl (C=O) groups is 1. The van der Waals surface area contributed by atoms with Crippen molar-refractivity contribution >= 4 is 16.0 Å². The number of carbonyl (C=O) groups excluding carboxylic acids is 1. The Balaban J connectivity index is 2.40. The lowest BCUT2D eigenvalue weighted by molar-refractivity contribution is 0.0518. The van der Waals surface area contributed by atoms with Crippen molar-refractivity contribution in [2.24, 2.45) is 5.14 Å². The van der Waals surface area contributed by atoms with Crippen molar-refractivity contribution in [2.45, 2.75) is 6.92 Å². The first-order valence-corrected chi connectivity index (χ1v) is 8.12. The van der Waals surface area contributed by atoms with Gasteiger partial charge in [-0.2, -0.15) is 0 Å². The molecule has 21 heavy (non-hydrogen) atoms. The number of nitrogens with two attached hydrogens (primary N) is 1. The van der Waals surface area contributed by atoms with E-state index in [0.29, 0.717) is 11.3 Å². The zero-order valence-electron chi connectivity index (χ0n) is 11.8. The third-order valence-corrected chi connectivity index (χ3v) is 3.12. The molecule has 0 saturated carbocycles. The van der Waals surface area contributed by atoms with E-state index in [0.717, 1.165) is 0 Å². The fourth-order valence-electron chi connectivity index (χ4n) is 1.46. The van der Waals surface area contributed by atoms with E-state index in [9.17, 15) is 13.2 Å². The van der Waals surface area contributed by atoms with Gasteiger partial charge in [0.05, 0.1) is 25.6 Å². The SMILES string of the molecule is CCOC(=O)c1ccccc1OCCOCCS(N)(=O)=O. The molecule has 0 aliphatic carbocycles. The Morgan fingerprint density at radius 2 is 1.90 bits per heavy atom. The quantitative estimate of drug-likeness (QED) is 0.526. The Kier molecular flexibility index (Phi) is 7.13. The highest BCUT2D eigenvalue weighted by Gasteiger charge is 2.12. The second-order valence-corrected chi connectivity index (χ2v) is 5.78. The number of benzene rings is 1. The Labute approximate surface area is 124 Å². The van der Waals surface area contributed by atoms with E-state index in [-0.39, 0.29) is 32.2 Å². The third-order valence-electron chi connectivity index (χ3n) is 2.38. The zero-order chi connectivity index (χ0) is 15.7. The lowest BCUT2D eigenvalue weighted by atomic mass is 10.2. The van der Waals surface area contributed by atoms with Crippen LogP contribution in [0.4, 0.5) is 0 Å². The summed E-state index contributed by atoms with van der Waals surface area (Å²) < 4.78 is 36.8. The lowest BCUT2D eigenvalue weighted by Crippen LogP contribution is -2.21. The van der Waals surface area contributed by atoms with Gasteiger partial charge in [0.25, 0.3) is 0 Å². The zero-order valence-corrected chi connectivity index (χ0v) is 12.6. The highest BCUT2D eigenvalue weighted by atomic mass is 32.2. The summed E-state index contributed by atoms with van der Waals surface area (Å²) in [6.07, 6.45) is 0. The summed E-state index contributed by atoms with van der Waals surface area (Å²) in [6, 6.07) is 6.70. The first-order valence-electron chi connectivity index (χ1n) is 6.41. The average molecular weight is 317 g/mol. The van der Waals surface area contributed by atoms with Gasteiger partial charge in [0, 0.05) is 0 Å². The number of para-hydroxylation sites is 1.